The zero-order valence-electron chi connectivity index (χ0n) is 11.1. The first-order valence-electron chi connectivity index (χ1n) is 6.58. The molecule has 1 aliphatic carbocycles. The van der Waals surface area contributed by atoms with Crippen LogP contribution in [0.3, 0.4) is 0 Å². The lowest BCUT2D eigenvalue weighted by Gasteiger charge is -2.23. The Morgan fingerprint density at radius 1 is 1.29 bits per heavy atom. The highest BCUT2D eigenvalue weighted by Gasteiger charge is 2.25. The molecule has 1 aromatic rings. The molecule has 2 nitrogen and oxygen atoms in total. The lowest BCUT2D eigenvalue weighted by molar-refractivity contribution is 0.389. The van der Waals surface area contributed by atoms with E-state index in [0.29, 0.717) is 11.8 Å². The fourth-order valence-electron chi connectivity index (χ4n) is 2.26. The number of rotatable bonds is 6. The largest absolute Gasteiger partial charge is 0.496 e. The molecule has 0 heterocycles. The molecule has 0 aromatic heterocycles. The van der Waals surface area contributed by atoms with Crippen LogP contribution in [-0.2, 0) is 0 Å². The standard InChI is InChI=1S/C15H23NO/c1-11(2)14(10-16-12-8-9-12)13-6-4-5-7-15(13)17-3/h4-7,11-12,14,16H,8-10H2,1-3H3. The minimum atomic E-state index is 0.534. The Bertz CT molecular complexity index is 358. The summed E-state index contributed by atoms with van der Waals surface area (Å²) >= 11 is 0. The summed E-state index contributed by atoms with van der Waals surface area (Å²) in [5.41, 5.74) is 1.33. The molecule has 2 heteroatoms. The van der Waals surface area contributed by atoms with Crippen LogP contribution < -0.4 is 10.1 Å². The van der Waals surface area contributed by atoms with E-state index in [-0.39, 0.29) is 0 Å². The van der Waals surface area contributed by atoms with Crippen LogP contribution in [0.15, 0.2) is 24.3 Å². The monoisotopic (exact) mass is 233 g/mol. The predicted octanol–water partition coefficient (Wildman–Crippen LogP) is 3.19. The van der Waals surface area contributed by atoms with Gasteiger partial charge in [-0.05, 0) is 30.4 Å². The molecule has 1 unspecified atom stereocenters. The summed E-state index contributed by atoms with van der Waals surface area (Å²) in [5, 5.41) is 3.63. The maximum atomic E-state index is 5.47. The van der Waals surface area contributed by atoms with Crippen molar-refractivity contribution in [1.29, 1.82) is 0 Å². The number of hydrogen-bond acceptors (Lipinski definition) is 2. The maximum absolute atomic E-state index is 5.47. The van der Waals surface area contributed by atoms with Gasteiger partial charge in [0.15, 0.2) is 0 Å². The molecule has 94 valence electrons. The van der Waals surface area contributed by atoms with Gasteiger partial charge < -0.3 is 10.1 Å². The number of benzene rings is 1. The van der Waals surface area contributed by atoms with Crippen LogP contribution in [0.4, 0.5) is 0 Å². The van der Waals surface area contributed by atoms with Crippen molar-refractivity contribution in [3.8, 4) is 5.75 Å². The van der Waals surface area contributed by atoms with E-state index in [4.69, 9.17) is 4.74 Å². The lowest BCUT2D eigenvalue weighted by Crippen LogP contribution is -2.26. The van der Waals surface area contributed by atoms with Gasteiger partial charge in [-0.1, -0.05) is 32.0 Å². The van der Waals surface area contributed by atoms with Gasteiger partial charge in [0.05, 0.1) is 7.11 Å². The van der Waals surface area contributed by atoms with Crippen molar-refractivity contribution in [1.82, 2.24) is 5.32 Å². The van der Waals surface area contributed by atoms with Crippen molar-refractivity contribution in [3.63, 3.8) is 0 Å². The molecule has 2 rings (SSSR count). The van der Waals surface area contributed by atoms with Crippen LogP contribution in [0, 0.1) is 5.92 Å². The molecule has 1 aromatic carbocycles. The first kappa shape index (κ1) is 12.4. The van der Waals surface area contributed by atoms with E-state index in [1.54, 1.807) is 7.11 Å². The van der Waals surface area contributed by atoms with Gasteiger partial charge in [-0.15, -0.1) is 0 Å². The highest BCUT2D eigenvalue weighted by Crippen LogP contribution is 2.32. The molecule has 0 aliphatic heterocycles. The van der Waals surface area contributed by atoms with E-state index in [9.17, 15) is 0 Å². The molecular weight excluding hydrogens is 210 g/mol. The average Bonchev–Trinajstić information content (AvgIpc) is 3.13. The minimum Gasteiger partial charge on any atom is -0.496 e. The van der Waals surface area contributed by atoms with Gasteiger partial charge in [-0.3, -0.25) is 0 Å². The van der Waals surface area contributed by atoms with Gasteiger partial charge in [0, 0.05) is 18.5 Å². The van der Waals surface area contributed by atoms with Gasteiger partial charge in [0.2, 0.25) is 0 Å². The van der Waals surface area contributed by atoms with Crippen molar-refractivity contribution >= 4 is 0 Å². The molecule has 0 saturated heterocycles. The summed E-state index contributed by atoms with van der Waals surface area (Å²) in [4.78, 5) is 0. The fraction of sp³-hybridized carbons (Fsp3) is 0.600. The quantitative estimate of drug-likeness (QED) is 0.814. The average molecular weight is 233 g/mol. The molecule has 0 spiro atoms. The topological polar surface area (TPSA) is 21.3 Å². The van der Waals surface area contributed by atoms with E-state index in [0.717, 1.165) is 18.3 Å². The van der Waals surface area contributed by atoms with Crippen LogP contribution in [0.5, 0.6) is 5.75 Å². The second kappa shape index (κ2) is 5.54. The predicted molar refractivity (Wildman–Crippen MR) is 71.6 cm³/mol. The summed E-state index contributed by atoms with van der Waals surface area (Å²) in [6, 6.07) is 9.16. The third-order valence-electron chi connectivity index (χ3n) is 3.55. The first-order valence-corrected chi connectivity index (χ1v) is 6.58. The van der Waals surface area contributed by atoms with Crippen LogP contribution in [0.1, 0.15) is 38.2 Å². The third kappa shape index (κ3) is 3.22. The van der Waals surface area contributed by atoms with Crippen molar-refractivity contribution in [2.45, 2.75) is 38.6 Å². The van der Waals surface area contributed by atoms with Crippen LogP contribution in [0.25, 0.3) is 0 Å². The smallest absolute Gasteiger partial charge is 0.122 e. The Morgan fingerprint density at radius 2 is 2.00 bits per heavy atom. The van der Waals surface area contributed by atoms with Crippen molar-refractivity contribution in [2.24, 2.45) is 5.92 Å². The molecule has 0 radical (unpaired) electrons. The molecule has 17 heavy (non-hydrogen) atoms. The molecule has 0 amide bonds. The van der Waals surface area contributed by atoms with E-state index >= 15 is 0 Å². The van der Waals surface area contributed by atoms with Crippen molar-refractivity contribution in [2.75, 3.05) is 13.7 Å². The zero-order chi connectivity index (χ0) is 12.3. The minimum absolute atomic E-state index is 0.534. The number of hydrogen-bond donors (Lipinski definition) is 1. The van der Waals surface area contributed by atoms with E-state index in [1.807, 2.05) is 6.07 Å². The second-order valence-electron chi connectivity index (χ2n) is 5.27. The molecule has 1 saturated carbocycles. The van der Waals surface area contributed by atoms with Crippen molar-refractivity contribution < 1.29 is 4.74 Å². The maximum Gasteiger partial charge on any atom is 0.122 e. The van der Waals surface area contributed by atoms with Gasteiger partial charge >= 0.3 is 0 Å². The number of nitrogens with one attached hydrogen (secondary N) is 1. The SMILES string of the molecule is COc1ccccc1C(CNC1CC1)C(C)C. The summed E-state index contributed by atoms with van der Waals surface area (Å²) in [6.07, 6.45) is 2.69. The Hall–Kier alpha value is -1.02. The number of para-hydroxylation sites is 1. The first-order chi connectivity index (χ1) is 8.22. The molecule has 1 aliphatic rings. The van der Waals surface area contributed by atoms with Gasteiger partial charge in [0.25, 0.3) is 0 Å². The summed E-state index contributed by atoms with van der Waals surface area (Å²) < 4.78 is 5.47. The lowest BCUT2D eigenvalue weighted by atomic mass is 9.87. The molecule has 1 N–H and O–H groups in total. The zero-order valence-corrected chi connectivity index (χ0v) is 11.1. The van der Waals surface area contributed by atoms with Gasteiger partial charge in [0.1, 0.15) is 5.75 Å². The molecule has 0 bridgehead atoms. The number of methoxy groups -OCH3 is 1. The van der Waals surface area contributed by atoms with Crippen LogP contribution in [0.2, 0.25) is 0 Å². The summed E-state index contributed by atoms with van der Waals surface area (Å²) in [7, 11) is 1.75. The van der Waals surface area contributed by atoms with Crippen LogP contribution in [-0.4, -0.2) is 19.7 Å². The Morgan fingerprint density at radius 3 is 2.59 bits per heavy atom. The summed E-state index contributed by atoms with van der Waals surface area (Å²) in [6.45, 7) is 5.63. The molecular formula is C15H23NO. The molecule has 1 atom stereocenters. The highest BCUT2D eigenvalue weighted by molar-refractivity contribution is 5.36. The number of ether oxygens (including phenoxy) is 1. The van der Waals surface area contributed by atoms with Crippen molar-refractivity contribution in [3.05, 3.63) is 29.8 Å². The normalized spacial score (nSPS) is 17.2. The van der Waals surface area contributed by atoms with E-state index in [2.05, 4.69) is 37.4 Å². The Kier molecular flexibility index (Phi) is 4.06. The van der Waals surface area contributed by atoms with E-state index in [1.165, 1.54) is 18.4 Å². The molecule has 1 fully saturated rings. The third-order valence-corrected chi connectivity index (χ3v) is 3.55. The van der Waals surface area contributed by atoms with Crippen LogP contribution >= 0.6 is 0 Å². The van der Waals surface area contributed by atoms with E-state index < -0.39 is 0 Å². The highest BCUT2D eigenvalue weighted by atomic mass is 16.5. The Labute approximate surface area is 104 Å². The fourth-order valence-corrected chi connectivity index (χ4v) is 2.26. The second-order valence-corrected chi connectivity index (χ2v) is 5.27. The summed E-state index contributed by atoms with van der Waals surface area (Å²) in [5.74, 6) is 2.17. The Balaban J connectivity index is 2.12. The van der Waals surface area contributed by atoms with Gasteiger partial charge in [-0.25, -0.2) is 0 Å². The van der Waals surface area contributed by atoms with Gasteiger partial charge in [-0.2, -0.15) is 0 Å².